The summed E-state index contributed by atoms with van der Waals surface area (Å²) in [5.41, 5.74) is 7.34. The standard InChI is InChI=1S/C10H15.3ClH.V/c1-6-7(2)9(4)10(5)8(6)3;;;;/h1-5H3;3*1H;/q-1;;;;+3/p-3. The van der Waals surface area contributed by atoms with E-state index >= 15 is 0 Å². The van der Waals surface area contributed by atoms with Crippen LogP contribution in [-0.4, -0.2) is 0 Å². The van der Waals surface area contributed by atoms with E-state index < -0.39 is 12.3 Å². The summed E-state index contributed by atoms with van der Waals surface area (Å²) in [6, 6.07) is 0. The molecule has 0 bridgehead atoms. The fourth-order valence-electron chi connectivity index (χ4n) is 1.41. The molecule has 0 spiro atoms. The summed E-state index contributed by atoms with van der Waals surface area (Å²) >= 11 is -1.77. The van der Waals surface area contributed by atoms with Crippen molar-refractivity contribution in [3.05, 3.63) is 27.8 Å². The van der Waals surface area contributed by atoms with Crippen LogP contribution in [0.5, 0.6) is 0 Å². The van der Waals surface area contributed by atoms with Crippen molar-refractivity contribution < 1.29 is 12.3 Å². The topological polar surface area (TPSA) is 0 Å². The molecule has 0 nitrogen and oxygen atoms in total. The van der Waals surface area contributed by atoms with Crippen LogP contribution in [-0.2, 0) is 12.3 Å². The van der Waals surface area contributed by atoms with Crippen molar-refractivity contribution >= 4 is 29.5 Å². The van der Waals surface area contributed by atoms with Crippen molar-refractivity contribution in [1.82, 2.24) is 0 Å². The van der Waals surface area contributed by atoms with E-state index in [0.29, 0.717) is 0 Å². The summed E-state index contributed by atoms with van der Waals surface area (Å²) in [6.45, 7) is 11.0. The third kappa shape index (κ3) is 4.12. The Kier molecular flexibility index (Phi) is 6.77. The van der Waals surface area contributed by atoms with Gasteiger partial charge in [-0.1, -0.05) is 34.6 Å². The van der Waals surface area contributed by atoms with Gasteiger partial charge in [0.25, 0.3) is 0 Å². The van der Waals surface area contributed by atoms with Gasteiger partial charge in [0.1, 0.15) is 0 Å². The Morgan fingerprint density at radius 3 is 1.14 bits per heavy atom. The minimum atomic E-state index is -1.77. The molecular formula is C10H15Cl3V-. The molecule has 0 heterocycles. The Morgan fingerprint density at radius 1 is 0.857 bits per heavy atom. The Hall–Kier alpha value is 0.804. The SMILES string of the molecule is Cc1c(C)c(C)[c-](C)c1C.[Cl][V]([Cl])[Cl]. The van der Waals surface area contributed by atoms with Gasteiger partial charge in [-0.05, 0) is 0 Å². The van der Waals surface area contributed by atoms with Crippen molar-refractivity contribution in [3.8, 4) is 0 Å². The zero-order valence-corrected chi connectivity index (χ0v) is 12.7. The summed E-state index contributed by atoms with van der Waals surface area (Å²) in [5, 5.41) is 0. The number of hydrogen-bond acceptors (Lipinski definition) is 0. The number of halogens is 3. The van der Waals surface area contributed by atoms with Crippen LogP contribution in [0.15, 0.2) is 0 Å². The van der Waals surface area contributed by atoms with Crippen LogP contribution < -0.4 is 0 Å². The first-order valence-corrected chi connectivity index (χ1v) is 10.0. The molecule has 0 atom stereocenters. The predicted octanol–water partition coefficient (Wildman–Crippen LogP) is 5.01. The summed E-state index contributed by atoms with van der Waals surface area (Å²) in [4.78, 5) is 0. The second-order valence-electron chi connectivity index (χ2n) is 3.32. The van der Waals surface area contributed by atoms with E-state index in [-0.39, 0.29) is 0 Å². The van der Waals surface area contributed by atoms with Crippen molar-refractivity contribution in [2.75, 3.05) is 0 Å². The van der Waals surface area contributed by atoms with Crippen molar-refractivity contribution in [1.29, 1.82) is 0 Å². The maximum atomic E-state index is 4.95. The third-order valence-electron chi connectivity index (χ3n) is 2.81. The van der Waals surface area contributed by atoms with Crippen LogP contribution in [0.25, 0.3) is 0 Å². The summed E-state index contributed by atoms with van der Waals surface area (Å²) in [5.74, 6) is 0. The third-order valence-corrected chi connectivity index (χ3v) is 2.81. The van der Waals surface area contributed by atoms with Gasteiger partial charge in [0.2, 0.25) is 0 Å². The van der Waals surface area contributed by atoms with Crippen LogP contribution in [0, 0.1) is 34.6 Å². The van der Waals surface area contributed by atoms with Gasteiger partial charge in [-0.25, -0.2) is 0 Å². The van der Waals surface area contributed by atoms with Crippen LogP contribution in [0.1, 0.15) is 27.8 Å². The Balaban J connectivity index is 0.000000364. The molecule has 1 aromatic carbocycles. The van der Waals surface area contributed by atoms with Gasteiger partial charge in [0.05, 0.1) is 0 Å². The zero-order valence-electron chi connectivity index (χ0n) is 9.08. The molecule has 0 aromatic heterocycles. The molecule has 1 aromatic rings. The van der Waals surface area contributed by atoms with Crippen LogP contribution in [0.2, 0.25) is 0 Å². The monoisotopic (exact) mass is 291 g/mol. The molecule has 0 N–H and O–H groups in total. The van der Waals surface area contributed by atoms with E-state index in [1.807, 2.05) is 0 Å². The van der Waals surface area contributed by atoms with Gasteiger partial charge in [0.15, 0.2) is 0 Å². The van der Waals surface area contributed by atoms with Crippen LogP contribution in [0.4, 0.5) is 0 Å². The molecule has 0 unspecified atom stereocenters. The zero-order chi connectivity index (χ0) is 11.5. The first-order chi connectivity index (χ1) is 6.29. The first kappa shape index (κ1) is 14.8. The molecule has 0 fully saturated rings. The van der Waals surface area contributed by atoms with Crippen LogP contribution >= 0.6 is 29.5 Å². The molecule has 4 heteroatoms. The average Bonchev–Trinajstić information content (AvgIpc) is 2.23. The Morgan fingerprint density at radius 2 is 1.07 bits per heavy atom. The molecule has 0 saturated carbocycles. The molecule has 82 valence electrons. The minimum absolute atomic E-state index is 1.47. The van der Waals surface area contributed by atoms with Crippen molar-refractivity contribution in [3.63, 3.8) is 0 Å². The van der Waals surface area contributed by atoms with Crippen molar-refractivity contribution in [2.45, 2.75) is 34.6 Å². The van der Waals surface area contributed by atoms with Gasteiger partial charge in [0, 0.05) is 0 Å². The average molecular weight is 293 g/mol. The molecule has 0 aliphatic carbocycles. The van der Waals surface area contributed by atoms with E-state index in [0.717, 1.165) is 0 Å². The first-order valence-electron chi connectivity index (χ1n) is 4.26. The fourth-order valence-corrected chi connectivity index (χ4v) is 1.41. The molecule has 0 aliphatic rings. The fraction of sp³-hybridized carbons (Fsp3) is 0.500. The summed E-state index contributed by atoms with van der Waals surface area (Å²) in [7, 11) is 14.9. The van der Waals surface area contributed by atoms with Gasteiger partial charge in [-0.15, -0.1) is 0 Å². The normalized spacial score (nSPS) is 10.1. The summed E-state index contributed by atoms with van der Waals surface area (Å²) in [6.07, 6.45) is 0. The van der Waals surface area contributed by atoms with Gasteiger partial charge in [-0.3, -0.25) is 0 Å². The molecule has 0 saturated heterocycles. The summed E-state index contributed by atoms with van der Waals surface area (Å²) < 4.78 is 0. The van der Waals surface area contributed by atoms with E-state index in [9.17, 15) is 0 Å². The van der Waals surface area contributed by atoms with E-state index in [1.54, 1.807) is 0 Å². The molecule has 0 amide bonds. The second kappa shape index (κ2) is 6.40. The molecule has 0 radical (unpaired) electrons. The second-order valence-corrected chi connectivity index (χ2v) is 10.2. The Labute approximate surface area is 104 Å². The van der Waals surface area contributed by atoms with Crippen molar-refractivity contribution in [2.24, 2.45) is 0 Å². The van der Waals surface area contributed by atoms with Crippen LogP contribution in [0.3, 0.4) is 0 Å². The number of hydrogen-bond donors (Lipinski definition) is 0. The van der Waals surface area contributed by atoms with Gasteiger partial charge < -0.3 is 0 Å². The van der Waals surface area contributed by atoms with E-state index in [1.165, 1.54) is 27.8 Å². The number of rotatable bonds is 0. The predicted molar refractivity (Wildman–Crippen MR) is 63.3 cm³/mol. The van der Waals surface area contributed by atoms with E-state index in [4.69, 9.17) is 29.5 Å². The maximum absolute atomic E-state index is 4.95. The molecular weight excluding hydrogens is 277 g/mol. The Bertz CT molecular complexity index is 220. The molecule has 0 aliphatic heterocycles. The molecule has 14 heavy (non-hydrogen) atoms. The van der Waals surface area contributed by atoms with Gasteiger partial charge in [-0.2, -0.15) is 27.8 Å². The van der Waals surface area contributed by atoms with Gasteiger partial charge >= 0.3 is 41.8 Å². The molecule has 1 rings (SSSR count). The quantitative estimate of drug-likeness (QED) is 0.589. The van der Waals surface area contributed by atoms with E-state index in [2.05, 4.69) is 34.6 Å².